The average molecular weight is 458 g/mol. The van der Waals surface area contributed by atoms with E-state index in [4.69, 9.17) is 32.9 Å². The zero-order valence-electron chi connectivity index (χ0n) is 23.9. The number of methoxy groups -OCH3 is 2. The molecule has 1 fully saturated rings. The molecule has 0 spiro atoms. The molecule has 2 N–H and O–H groups in total. The Balaban J connectivity index is 1.47. The number of amides is 1. The van der Waals surface area contributed by atoms with Gasteiger partial charge in [0.1, 0.15) is 12.4 Å². The molecule has 1 aromatic heterocycles. The van der Waals surface area contributed by atoms with E-state index >= 15 is 0 Å². The quantitative estimate of drug-likeness (QED) is 0.626. The van der Waals surface area contributed by atoms with E-state index in [2.05, 4.69) is 9.97 Å². The molecule has 33 heavy (non-hydrogen) atoms. The number of anilines is 2. The first-order valence-electron chi connectivity index (χ1n) is 13.0. The summed E-state index contributed by atoms with van der Waals surface area (Å²) in [5, 5.41) is 0.452. The molecule has 172 valence electrons. The minimum atomic E-state index is -2.69. The summed E-state index contributed by atoms with van der Waals surface area (Å²) < 4.78 is 72.4. The van der Waals surface area contributed by atoms with Gasteiger partial charge in [-0.05, 0) is 18.2 Å². The lowest BCUT2D eigenvalue weighted by molar-refractivity contribution is -0.141. The Hall–Kier alpha value is -3.95. The monoisotopic (exact) mass is 457 g/mol. The van der Waals surface area contributed by atoms with Crippen molar-refractivity contribution in [2.45, 2.75) is 6.10 Å². The molecule has 0 radical (unpaired) electrons. The lowest BCUT2D eigenvalue weighted by Crippen LogP contribution is -2.54. The van der Waals surface area contributed by atoms with Gasteiger partial charge in [0.15, 0.2) is 23.0 Å². The predicted molar refractivity (Wildman–Crippen MR) is 122 cm³/mol. The molecule has 3 heterocycles. The van der Waals surface area contributed by atoms with Crippen molar-refractivity contribution in [1.29, 1.82) is 0 Å². The van der Waals surface area contributed by atoms with Crippen molar-refractivity contribution in [3.05, 3.63) is 36.4 Å². The van der Waals surface area contributed by atoms with Crippen molar-refractivity contribution in [1.82, 2.24) is 14.9 Å². The van der Waals surface area contributed by atoms with E-state index in [0.29, 0.717) is 27.3 Å². The van der Waals surface area contributed by atoms with Gasteiger partial charge in [0, 0.05) is 37.5 Å². The van der Waals surface area contributed by atoms with Crippen molar-refractivity contribution in [3.8, 4) is 23.0 Å². The molecular formula is C23H25N5O5. The first kappa shape index (κ1) is 15.0. The van der Waals surface area contributed by atoms with Gasteiger partial charge in [0.2, 0.25) is 12.1 Å². The highest BCUT2D eigenvalue weighted by Crippen LogP contribution is 2.34. The number of para-hydroxylation sites is 2. The zero-order chi connectivity index (χ0) is 28.3. The lowest BCUT2D eigenvalue weighted by atomic mass is 10.2. The maximum Gasteiger partial charge on any atom is 0.267 e. The van der Waals surface area contributed by atoms with E-state index in [-0.39, 0.29) is 23.3 Å². The fourth-order valence-corrected chi connectivity index (χ4v) is 3.45. The van der Waals surface area contributed by atoms with E-state index < -0.39 is 44.7 Å². The van der Waals surface area contributed by atoms with Crippen molar-refractivity contribution >= 4 is 28.6 Å². The number of carbonyl (C=O) groups is 1. The van der Waals surface area contributed by atoms with E-state index in [0.717, 1.165) is 0 Å². The predicted octanol–water partition coefficient (Wildman–Crippen LogP) is 1.72. The third kappa shape index (κ3) is 3.88. The molecule has 0 bridgehead atoms. The van der Waals surface area contributed by atoms with Crippen LogP contribution in [0.2, 0.25) is 0 Å². The molecule has 1 amide bonds. The van der Waals surface area contributed by atoms with Gasteiger partial charge in [-0.25, -0.2) is 4.98 Å². The van der Waals surface area contributed by atoms with Gasteiger partial charge >= 0.3 is 0 Å². The number of fused-ring (bicyclic) bond motifs is 2. The van der Waals surface area contributed by atoms with Gasteiger partial charge in [0.25, 0.3) is 5.91 Å². The maximum absolute atomic E-state index is 13.5. The summed E-state index contributed by atoms with van der Waals surface area (Å²) in [5.74, 6) is -0.325. The van der Waals surface area contributed by atoms with Gasteiger partial charge in [0.05, 0.1) is 28.0 Å². The summed E-state index contributed by atoms with van der Waals surface area (Å²) in [6.07, 6.45) is -1.96. The van der Waals surface area contributed by atoms with Gasteiger partial charge in [-0.3, -0.25) is 4.79 Å². The summed E-state index contributed by atoms with van der Waals surface area (Å²) in [6, 6.07) is 9.30. The minimum absolute atomic E-state index is 0.0511. The normalized spacial score (nSPS) is 25.0. The van der Waals surface area contributed by atoms with Crippen molar-refractivity contribution in [2.75, 3.05) is 57.5 Å². The first-order chi connectivity index (χ1) is 18.3. The molecular weight excluding hydrogens is 426 g/mol. The molecule has 1 atom stereocenters. The number of benzene rings is 2. The van der Waals surface area contributed by atoms with Gasteiger partial charge in [-0.2, -0.15) is 4.98 Å². The fraction of sp³-hybridized carbons (Fsp3) is 0.348. The molecule has 1 unspecified atom stereocenters. The number of nitrogen functional groups attached to an aromatic ring is 1. The highest BCUT2D eigenvalue weighted by molar-refractivity contribution is 5.91. The summed E-state index contributed by atoms with van der Waals surface area (Å²) in [4.78, 5) is 23.8. The highest BCUT2D eigenvalue weighted by atomic mass is 16.6. The van der Waals surface area contributed by atoms with Crippen molar-refractivity contribution in [2.24, 2.45) is 0 Å². The third-order valence-electron chi connectivity index (χ3n) is 5.16. The largest absolute Gasteiger partial charge is 0.493 e. The second-order valence-electron chi connectivity index (χ2n) is 7.14. The Morgan fingerprint density at radius 2 is 1.82 bits per heavy atom. The number of hydrogen-bond acceptors (Lipinski definition) is 9. The molecule has 2 aliphatic rings. The van der Waals surface area contributed by atoms with Crippen LogP contribution in [0.1, 0.15) is 8.22 Å². The van der Waals surface area contributed by atoms with E-state index in [1.54, 1.807) is 24.3 Å². The number of nitrogens with zero attached hydrogens (tertiary/aromatic N) is 4. The number of nitrogens with two attached hydrogens (primary N) is 1. The number of rotatable bonds is 4. The van der Waals surface area contributed by atoms with Crippen LogP contribution < -0.4 is 29.6 Å². The van der Waals surface area contributed by atoms with Crippen LogP contribution in [-0.2, 0) is 4.79 Å². The van der Waals surface area contributed by atoms with Crippen molar-refractivity contribution in [3.63, 3.8) is 0 Å². The van der Waals surface area contributed by atoms with Crippen LogP contribution in [0.3, 0.4) is 0 Å². The zero-order valence-corrected chi connectivity index (χ0v) is 17.9. The Morgan fingerprint density at radius 1 is 1.12 bits per heavy atom. The smallest absolute Gasteiger partial charge is 0.267 e. The molecule has 3 aromatic rings. The van der Waals surface area contributed by atoms with Crippen LogP contribution in [0.5, 0.6) is 23.0 Å². The molecule has 0 saturated carbocycles. The van der Waals surface area contributed by atoms with Crippen LogP contribution in [0.4, 0.5) is 11.8 Å². The maximum atomic E-state index is 13.5. The number of aromatic nitrogens is 2. The summed E-state index contributed by atoms with van der Waals surface area (Å²) in [6.45, 7) is -9.04. The fourth-order valence-electron chi connectivity index (χ4n) is 3.45. The van der Waals surface area contributed by atoms with E-state index in [1.807, 2.05) is 0 Å². The Morgan fingerprint density at radius 3 is 2.55 bits per heavy atom. The van der Waals surface area contributed by atoms with Gasteiger partial charge < -0.3 is 34.5 Å². The number of ether oxygens (including phenoxy) is 4. The summed E-state index contributed by atoms with van der Waals surface area (Å²) in [7, 11) is 2.92. The van der Waals surface area contributed by atoms with Crippen LogP contribution in [0.25, 0.3) is 10.9 Å². The lowest BCUT2D eigenvalue weighted by Gasteiger charge is -2.37. The average Bonchev–Trinajstić information content (AvgIpc) is 2.85. The second kappa shape index (κ2) is 8.53. The second-order valence-corrected chi connectivity index (χ2v) is 7.14. The third-order valence-corrected chi connectivity index (χ3v) is 5.16. The van der Waals surface area contributed by atoms with Crippen LogP contribution in [0, 0.1) is 0 Å². The van der Waals surface area contributed by atoms with E-state index in [9.17, 15) is 4.79 Å². The number of carbonyl (C=O) groups excluding carboxylic acids is 1. The SMILES string of the molecule is [2H]C1([2H])Oc2ccccc2OC1C(=O)N1C([2H])([2H])CN(c2nc(N)c3cc(OC)c(OC)cc3n2)CC1([2H])[2H]. The Kier molecular flexibility index (Phi) is 3.87. The standard InChI is InChI=1S/C23H25N5O5/c1-30-18-11-14-15(12-19(18)31-2)25-23(26-21(14)24)28-9-7-27(8-10-28)22(29)20-13-32-16-5-3-4-6-17(16)33-20/h3-6,11-12,20H,7-10,13H2,1-2H3,(H2,24,25,26)/i7D2,8D2,13D2. The molecule has 1 saturated heterocycles. The summed E-state index contributed by atoms with van der Waals surface area (Å²) in [5.41, 5.74) is 6.51. The van der Waals surface area contributed by atoms with Crippen LogP contribution in [-0.4, -0.2) is 73.7 Å². The van der Waals surface area contributed by atoms with Crippen molar-refractivity contribution < 1.29 is 32.0 Å². The summed E-state index contributed by atoms with van der Waals surface area (Å²) >= 11 is 0. The van der Waals surface area contributed by atoms with E-state index in [1.165, 1.54) is 31.3 Å². The molecule has 0 aliphatic carbocycles. The topological polar surface area (TPSA) is 112 Å². The minimum Gasteiger partial charge on any atom is -0.493 e. The number of hydrogen-bond donors (Lipinski definition) is 1. The van der Waals surface area contributed by atoms with Gasteiger partial charge in [-0.15, -0.1) is 0 Å². The van der Waals surface area contributed by atoms with Crippen LogP contribution in [0.15, 0.2) is 36.4 Å². The highest BCUT2D eigenvalue weighted by Gasteiger charge is 2.33. The molecule has 2 aliphatic heterocycles. The molecule has 10 heteroatoms. The first-order valence-corrected chi connectivity index (χ1v) is 10.0. The molecule has 2 aromatic carbocycles. The number of piperazine rings is 1. The Labute approximate surface area is 199 Å². The Bertz CT molecular complexity index is 1440. The van der Waals surface area contributed by atoms with Gasteiger partial charge in [-0.1, -0.05) is 12.1 Å². The molecule has 5 rings (SSSR count). The molecule has 10 nitrogen and oxygen atoms in total. The van der Waals surface area contributed by atoms with Crippen LogP contribution >= 0.6 is 0 Å².